The summed E-state index contributed by atoms with van der Waals surface area (Å²) in [4.78, 5) is 12.0. The lowest BCUT2D eigenvalue weighted by Crippen LogP contribution is -2.41. The Morgan fingerprint density at radius 3 is 2.95 bits per heavy atom. The van der Waals surface area contributed by atoms with Crippen LogP contribution in [0.25, 0.3) is 11.0 Å². The second-order valence-electron chi connectivity index (χ2n) is 4.95. The van der Waals surface area contributed by atoms with E-state index in [1.807, 2.05) is 0 Å². The predicted molar refractivity (Wildman–Crippen MR) is 73.3 cm³/mol. The Kier molecular flexibility index (Phi) is 4.31. The third kappa shape index (κ3) is 3.52. The molecule has 0 bridgehead atoms. The Morgan fingerprint density at radius 2 is 2.20 bits per heavy atom. The van der Waals surface area contributed by atoms with Crippen molar-refractivity contribution in [3.8, 4) is 0 Å². The van der Waals surface area contributed by atoms with Gasteiger partial charge in [-0.15, -0.1) is 0 Å². The number of fused-ring (bicyclic) bond motifs is 1. The molecule has 0 fully saturated rings. The molecule has 108 valence electrons. The molecule has 1 aromatic heterocycles. The van der Waals surface area contributed by atoms with Gasteiger partial charge in [0.05, 0.1) is 5.60 Å². The molecular formula is C13H18N4O3. The molecule has 2 rings (SSSR count). The molecule has 1 aromatic carbocycles. The van der Waals surface area contributed by atoms with Crippen molar-refractivity contribution in [1.82, 2.24) is 20.7 Å². The molecule has 20 heavy (non-hydrogen) atoms. The number of H-pyrrole nitrogens is 1. The number of carbonyl (C=O) groups excluding carboxylic acids is 1. The summed E-state index contributed by atoms with van der Waals surface area (Å²) in [5, 5.41) is 23.1. The third-order valence-corrected chi connectivity index (χ3v) is 3.05. The SMILES string of the molecule is COCCC(C)(O)CNC(=O)c1ccc2n[nH]nc2c1. The van der Waals surface area contributed by atoms with E-state index in [0.717, 1.165) is 0 Å². The van der Waals surface area contributed by atoms with Crippen LogP contribution in [0.2, 0.25) is 0 Å². The lowest BCUT2D eigenvalue weighted by Gasteiger charge is -2.23. The normalized spacial score (nSPS) is 14.2. The first-order chi connectivity index (χ1) is 9.52. The van der Waals surface area contributed by atoms with Crippen LogP contribution in [0.1, 0.15) is 23.7 Å². The molecule has 1 amide bonds. The zero-order chi connectivity index (χ0) is 14.6. The summed E-state index contributed by atoms with van der Waals surface area (Å²) in [7, 11) is 1.57. The number of rotatable bonds is 6. The predicted octanol–water partition coefficient (Wildman–Crippen LogP) is 0.475. The first kappa shape index (κ1) is 14.4. The number of aliphatic hydroxyl groups is 1. The smallest absolute Gasteiger partial charge is 0.251 e. The number of methoxy groups -OCH3 is 1. The Hall–Kier alpha value is -1.99. The Morgan fingerprint density at radius 1 is 1.45 bits per heavy atom. The maximum atomic E-state index is 12.0. The molecule has 1 unspecified atom stereocenters. The molecule has 0 radical (unpaired) electrons. The van der Waals surface area contributed by atoms with Gasteiger partial charge in [0.15, 0.2) is 0 Å². The molecule has 7 heteroatoms. The van der Waals surface area contributed by atoms with Crippen LogP contribution in [0.15, 0.2) is 18.2 Å². The van der Waals surface area contributed by atoms with Crippen LogP contribution in [0, 0.1) is 0 Å². The van der Waals surface area contributed by atoms with Gasteiger partial charge in [0.1, 0.15) is 11.0 Å². The fourth-order valence-corrected chi connectivity index (χ4v) is 1.76. The van der Waals surface area contributed by atoms with E-state index in [2.05, 4.69) is 20.7 Å². The van der Waals surface area contributed by atoms with E-state index in [1.54, 1.807) is 32.2 Å². The lowest BCUT2D eigenvalue weighted by molar-refractivity contribution is 0.0243. The number of ether oxygens (including phenoxy) is 1. The Labute approximate surface area is 116 Å². The summed E-state index contributed by atoms with van der Waals surface area (Å²) in [6.07, 6.45) is 0.450. The van der Waals surface area contributed by atoms with E-state index < -0.39 is 5.60 Å². The topological polar surface area (TPSA) is 100 Å². The molecule has 0 spiro atoms. The van der Waals surface area contributed by atoms with Crippen molar-refractivity contribution >= 4 is 16.9 Å². The minimum atomic E-state index is -0.996. The number of benzene rings is 1. The van der Waals surface area contributed by atoms with Crippen molar-refractivity contribution in [2.24, 2.45) is 0 Å². The van der Waals surface area contributed by atoms with Gasteiger partial charge in [-0.2, -0.15) is 15.4 Å². The van der Waals surface area contributed by atoms with Gasteiger partial charge in [0.2, 0.25) is 0 Å². The Bertz CT molecular complexity index is 594. The Balaban J connectivity index is 1.97. The average molecular weight is 278 g/mol. The third-order valence-electron chi connectivity index (χ3n) is 3.05. The van der Waals surface area contributed by atoms with Gasteiger partial charge in [-0.3, -0.25) is 4.79 Å². The minimum Gasteiger partial charge on any atom is -0.388 e. The highest BCUT2D eigenvalue weighted by atomic mass is 16.5. The summed E-state index contributed by atoms with van der Waals surface area (Å²) in [6, 6.07) is 5.04. The van der Waals surface area contributed by atoms with Crippen LogP contribution in [0.4, 0.5) is 0 Å². The molecule has 2 aromatic rings. The minimum absolute atomic E-state index is 0.159. The van der Waals surface area contributed by atoms with Crippen molar-refractivity contribution in [1.29, 1.82) is 0 Å². The number of carbonyl (C=O) groups is 1. The van der Waals surface area contributed by atoms with Crippen molar-refractivity contribution in [3.63, 3.8) is 0 Å². The molecule has 0 saturated carbocycles. The van der Waals surface area contributed by atoms with Crippen molar-refractivity contribution < 1.29 is 14.6 Å². The van der Waals surface area contributed by atoms with Crippen molar-refractivity contribution in [3.05, 3.63) is 23.8 Å². The van der Waals surface area contributed by atoms with Crippen LogP contribution >= 0.6 is 0 Å². The molecule has 1 heterocycles. The van der Waals surface area contributed by atoms with Gasteiger partial charge in [-0.05, 0) is 25.1 Å². The van der Waals surface area contributed by atoms with Crippen LogP contribution in [-0.2, 0) is 4.74 Å². The summed E-state index contributed by atoms with van der Waals surface area (Å²) in [6.45, 7) is 2.26. The standard InChI is InChI=1S/C13H18N4O3/c1-13(19,5-6-20-2)8-14-12(18)9-3-4-10-11(7-9)16-17-15-10/h3-4,7,19H,5-6,8H2,1-2H3,(H,14,18)(H,15,16,17). The highest BCUT2D eigenvalue weighted by molar-refractivity contribution is 5.97. The molecule has 7 nitrogen and oxygen atoms in total. The number of nitrogens with one attached hydrogen (secondary N) is 2. The second-order valence-corrected chi connectivity index (χ2v) is 4.95. The van der Waals surface area contributed by atoms with E-state index in [-0.39, 0.29) is 12.5 Å². The monoisotopic (exact) mass is 278 g/mol. The first-order valence-corrected chi connectivity index (χ1v) is 6.32. The van der Waals surface area contributed by atoms with Gasteiger partial charge >= 0.3 is 0 Å². The van der Waals surface area contributed by atoms with Gasteiger partial charge in [-0.25, -0.2) is 0 Å². The average Bonchev–Trinajstić information content (AvgIpc) is 2.90. The quantitative estimate of drug-likeness (QED) is 0.713. The van der Waals surface area contributed by atoms with E-state index in [0.29, 0.717) is 29.6 Å². The van der Waals surface area contributed by atoms with Crippen molar-refractivity contribution in [2.45, 2.75) is 18.9 Å². The molecule has 3 N–H and O–H groups in total. The molecule has 1 atom stereocenters. The summed E-state index contributed by atoms with van der Waals surface area (Å²) >= 11 is 0. The van der Waals surface area contributed by atoms with Crippen LogP contribution in [0.5, 0.6) is 0 Å². The molecule has 0 aliphatic heterocycles. The van der Waals surface area contributed by atoms with E-state index in [9.17, 15) is 9.90 Å². The van der Waals surface area contributed by atoms with Gasteiger partial charge in [-0.1, -0.05) is 0 Å². The summed E-state index contributed by atoms with van der Waals surface area (Å²) in [5.74, 6) is -0.257. The van der Waals surface area contributed by atoms with E-state index in [1.165, 1.54) is 0 Å². The van der Waals surface area contributed by atoms with E-state index >= 15 is 0 Å². The fraction of sp³-hybridized carbons (Fsp3) is 0.462. The van der Waals surface area contributed by atoms with Crippen LogP contribution < -0.4 is 5.32 Å². The highest BCUT2D eigenvalue weighted by Crippen LogP contribution is 2.12. The highest BCUT2D eigenvalue weighted by Gasteiger charge is 2.21. The zero-order valence-electron chi connectivity index (χ0n) is 11.5. The van der Waals surface area contributed by atoms with Gasteiger partial charge in [0, 0.05) is 32.2 Å². The zero-order valence-corrected chi connectivity index (χ0v) is 11.5. The number of hydrogen-bond donors (Lipinski definition) is 3. The number of nitrogens with zero attached hydrogens (tertiary/aromatic N) is 2. The molecule has 0 aliphatic rings. The first-order valence-electron chi connectivity index (χ1n) is 6.32. The molecular weight excluding hydrogens is 260 g/mol. The van der Waals surface area contributed by atoms with Crippen LogP contribution in [0.3, 0.4) is 0 Å². The summed E-state index contributed by atoms with van der Waals surface area (Å²) in [5.41, 5.74) is 0.815. The lowest BCUT2D eigenvalue weighted by atomic mass is 10.0. The maximum Gasteiger partial charge on any atom is 0.251 e. The van der Waals surface area contributed by atoms with Crippen LogP contribution in [-0.4, -0.2) is 52.3 Å². The van der Waals surface area contributed by atoms with Gasteiger partial charge < -0.3 is 15.2 Å². The second kappa shape index (κ2) is 5.98. The maximum absolute atomic E-state index is 12.0. The summed E-state index contributed by atoms with van der Waals surface area (Å²) < 4.78 is 4.92. The number of aromatic nitrogens is 3. The van der Waals surface area contributed by atoms with E-state index in [4.69, 9.17) is 4.74 Å². The number of amides is 1. The van der Waals surface area contributed by atoms with Crippen molar-refractivity contribution in [2.75, 3.05) is 20.3 Å². The number of aromatic amines is 1. The largest absolute Gasteiger partial charge is 0.388 e. The molecule has 0 saturated heterocycles. The van der Waals surface area contributed by atoms with Gasteiger partial charge in [0.25, 0.3) is 5.91 Å². The molecule has 0 aliphatic carbocycles. The fourth-order valence-electron chi connectivity index (χ4n) is 1.76. The number of hydrogen-bond acceptors (Lipinski definition) is 5.